The topological polar surface area (TPSA) is 152 Å². The first-order valence-electron chi connectivity index (χ1n) is 11.3. The molecule has 38 heavy (non-hydrogen) atoms. The number of fused-ring (bicyclic) bond motifs is 1. The van der Waals surface area contributed by atoms with E-state index in [0.717, 1.165) is 0 Å². The van der Waals surface area contributed by atoms with Gasteiger partial charge >= 0.3 is 6.09 Å². The van der Waals surface area contributed by atoms with Crippen molar-refractivity contribution in [2.75, 3.05) is 5.32 Å². The van der Waals surface area contributed by atoms with Crippen molar-refractivity contribution >= 4 is 23.4 Å². The van der Waals surface area contributed by atoms with Gasteiger partial charge in [0.2, 0.25) is 5.89 Å². The molecule has 3 N–H and O–H groups in total. The van der Waals surface area contributed by atoms with Gasteiger partial charge in [-0.3, -0.25) is 10.3 Å². The second kappa shape index (κ2) is 9.01. The lowest BCUT2D eigenvalue weighted by Crippen LogP contribution is -2.25. The standard InChI is InChI=1S/C25H17ClFN7O4/c26-17-5-6-18(34-12-30-32-33-34)20(21(17)27)15-9-14-7-8-25(37,22(14)28-10-15)23-29-11-19(38-23)13-1-3-16(4-2-13)31-24(35)36/h1-6,9-12,31,37H,7-8H2,(H,35,36). The fourth-order valence-electron chi connectivity index (χ4n) is 4.57. The van der Waals surface area contributed by atoms with E-state index in [1.165, 1.54) is 29.5 Å². The largest absolute Gasteiger partial charge is 0.465 e. The summed E-state index contributed by atoms with van der Waals surface area (Å²) in [6.07, 6.45) is 3.83. The molecule has 1 atom stereocenters. The van der Waals surface area contributed by atoms with Crippen molar-refractivity contribution < 1.29 is 23.8 Å². The molecule has 190 valence electrons. The summed E-state index contributed by atoms with van der Waals surface area (Å²) < 4.78 is 22.5. The predicted molar refractivity (Wildman–Crippen MR) is 132 cm³/mol. The highest BCUT2D eigenvalue weighted by atomic mass is 35.5. The van der Waals surface area contributed by atoms with Crippen LogP contribution in [0.3, 0.4) is 0 Å². The molecule has 1 aliphatic carbocycles. The molecule has 2 aromatic carbocycles. The second-order valence-corrected chi connectivity index (χ2v) is 9.05. The number of amides is 1. The van der Waals surface area contributed by atoms with Crippen LogP contribution in [0.1, 0.15) is 23.6 Å². The number of aliphatic hydroxyl groups is 1. The fraction of sp³-hybridized carbons (Fsp3) is 0.120. The smallest absolute Gasteiger partial charge is 0.409 e. The highest BCUT2D eigenvalue weighted by Crippen LogP contribution is 2.43. The van der Waals surface area contributed by atoms with E-state index in [4.69, 9.17) is 21.1 Å². The normalized spacial score (nSPS) is 16.4. The number of rotatable bonds is 5. The van der Waals surface area contributed by atoms with Crippen LogP contribution in [-0.4, -0.2) is 46.5 Å². The zero-order chi connectivity index (χ0) is 26.4. The van der Waals surface area contributed by atoms with Gasteiger partial charge in [-0.2, -0.15) is 4.68 Å². The Morgan fingerprint density at radius 1 is 1.13 bits per heavy atom. The van der Waals surface area contributed by atoms with E-state index in [2.05, 4.69) is 30.8 Å². The molecule has 0 radical (unpaired) electrons. The molecule has 0 aliphatic heterocycles. The summed E-state index contributed by atoms with van der Waals surface area (Å²) in [7, 11) is 0. The molecule has 1 amide bonds. The first-order valence-corrected chi connectivity index (χ1v) is 11.7. The van der Waals surface area contributed by atoms with Crippen LogP contribution in [0.25, 0.3) is 28.1 Å². The molecule has 11 nitrogen and oxygen atoms in total. The van der Waals surface area contributed by atoms with Gasteiger partial charge in [-0.15, -0.1) is 5.10 Å². The Kier molecular flexibility index (Phi) is 5.62. The Morgan fingerprint density at radius 3 is 2.68 bits per heavy atom. The summed E-state index contributed by atoms with van der Waals surface area (Å²) in [6.45, 7) is 0. The first kappa shape index (κ1) is 23.7. The van der Waals surface area contributed by atoms with Gasteiger partial charge in [0.25, 0.3) is 0 Å². The lowest BCUT2D eigenvalue weighted by atomic mass is 9.99. The lowest BCUT2D eigenvalue weighted by Gasteiger charge is -2.19. The number of hydrogen-bond acceptors (Lipinski definition) is 8. The number of carboxylic acid groups (broad SMARTS) is 1. The van der Waals surface area contributed by atoms with E-state index in [-0.39, 0.29) is 22.9 Å². The Morgan fingerprint density at radius 2 is 1.95 bits per heavy atom. The van der Waals surface area contributed by atoms with Crippen molar-refractivity contribution in [1.82, 2.24) is 30.2 Å². The van der Waals surface area contributed by atoms with Gasteiger partial charge in [-0.25, -0.2) is 14.2 Å². The fourth-order valence-corrected chi connectivity index (χ4v) is 4.73. The number of pyridine rings is 1. The van der Waals surface area contributed by atoms with E-state index in [9.17, 15) is 9.90 Å². The summed E-state index contributed by atoms with van der Waals surface area (Å²) in [6, 6.07) is 11.3. The van der Waals surface area contributed by atoms with Gasteiger partial charge in [-0.1, -0.05) is 11.6 Å². The Bertz CT molecular complexity index is 1670. The predicted octanol–water partition coefficient (Wildman–Crippen LogP) is 4.44. The van der Waals surface area contributed by atoms with Crippen molar-refractivity contribution in [1.29, 1.82) is 0 Å². The highest BCUT2D eigenvalue weighted by Gasteiger charge is 2.44. The molecule has 5 aromatic rings. The van der Waals surface area contributed by atoms with Crippen molar-refractivity contribution in [3.8, 4) is 28.1 Å². The monoisotopic (exact) mass is 533 g/mol. The van der Waals surface area contributed by atoms with Crippen LogP contribution in [0.4, 0.5) is 14.9 Å². The first-order chi connectivity index (χ1) is 18.3. The highest BCUT2D eigenvalue weighted by molar-refractivity contribution is 6.31. The van der Waals surface area contributed by atoms with Crippen LogP contribution in [0, 0.1) is 5.82 Å². The molecule has 3 heterocycles. The van der Waals surface area contributed by atoms with Gasteiger partial charge in [0.05, 0.1) is 22.6 Å². The third-order valence-corrected chi connectivity index (χ3v) is 6.64. The van der Waals surface area contributed by atoms with Crippen LogP contribution in [0.15, 0.2) is 65.6 Å². The number of oxazole rings is 1. The van der Waals surface area contributed by atoms with Crippen LogP contribution in [0.5, 0.6) is 0 Å². The number of halogens is 2. The summed E-state index contributed by atoms with van der Waals surface area (Å²) in [5.41, 5.74) is 1.55. The van der Waals surface area contributed by atoms with Crippen molar-refractivity contribution in [2.24, 2.45) is 0 Å². The number of aryl methyl sites for hydroxylation is 1. The third kappa shape index (κ3) is 3.96. The molecule has 0 spiro atoms. The Labute approximate surface area is 218 Å². The number of nitrogens with one attached hydrogen (secondary N) is 1. The minimum Gasteiger partial charge on any atom is -0.465 e. The Balaban J connectivity index is 1.34. The molecule has 0 fully saturated rings. The molecule has 1 aliphatic rings. The zero-order valence-electron chi connectivity index (χ0n) is 19.3. The number of benzene rings is 2. The van der Waals surface area contributed by atoms with Gasteiger partial charge < -0.3 is 14.6 Å². The van der Waals surface area contributed by atoms with E-state index >= 15 is 4.39 Å². The van der Waals surface area contributed by atoms with Gasteiger partial charge in [0, 0.05) is 28.6 Å². The number of aromatic nitrogens is 6. The average Bonchev–Trinajstić information content (AvgIpc) is 3.67. The summed E-state index contributed by atoms with van der Waals surface area (Å²) in [5.74, 6) is -0.174. The van der Waals surface area contributed by atoms with E-state index in [1.54, 1.807) is 36.4 Å². The van der Waals surface area contributed by atoms with Gasteiger partial charge in [0.15, 0.2) is 17.2 Å². The van der Waals surface area contributed by atoms with E-state index in [1.807, 2.05) is 0 Å². The minimum absolute atomic E-state index is 0.0621. The lowest BCUT2D eigenvalue weighted by molar-refractivity contribution is 0.0498. The van der Waals surface area contributed by atoms with Gasteiger partial charge in [-0.05, 0) is 71.3 Å². The molecule has 0 saturated carbocycles. The van der Waals surface area contributed by atoms with Crippen molar-refractivity contribution in [2.45, 2.75) is 18.4 Å². The number of tetrazole rings is 1. The van der Waals surface area contributed by atoms with Crippen molar-refractivity contribution in [3.63, 3.8) is 0 Å². The molecule has 3 aromatic heterocycles. The molecular formula is C25H17ClFN7O4. The number of anilines is 1. The van der Waals surface area contributed by atoms with Crippen LogP contribution >= 0.6 is 11.6 Å². The zero-order valence-corrected chi connectivity index (χ0v) is 20.1. The molecule has 13 heteroatoms. The second-order valence-electron chi connectivity index (χ2n) is 8.64. The maximum atomic E-state index is 15.2. The minimum atomic E-state index is -1.58. The molecule has 1 unspecified atom stereocenters. The molecule has 0 bridgehead atoms. The third-order valence-electron chi connectivity index (χ3n) is 6.35. The quantitative estimate of drug-likeness (QED) is 0.297. The molecular weight excluding hydrogens is 517 g/mol. The number of hydrogen-bond donors (Lipinski definition) is 3. The number of carbonyl (C=O) groups is 1. The summed E-state index contributed by atoms with van der Waals surface area (Å²) >= 11 is 6.08. The van der Waals surface area contributed by atoms with Crippen molar-refractivity contribution in [3.05, 3.63) is 89.2 Å². The van der Waals surface area contributed by atoms with Crippen LogP contribution < -0.4 is 5.32 Å². The Hall–Kier alpha value is -4.68. The summed E-state index contributed by atoms with van der Waals surface area (Å²) in [4.78, 5) is 19.6. The van der Waals surface area contributed by atoms with Gasteiger partial charge in [0.1, 0.15) is 6.33 Å². The van der Waals surface area contributed by atoms with E-state index < -0.39 is 17.5 Å². The van der Waals surface area contributed by atoms with Crippen LogP contribution in [-0.2, 0) is 12.0 Å². The maximum Gasteiger partial charge on any atom is 0.409 e. The average molecular weight is 534 g/mol. The van der Waals surface area contributed by atoms with Crippen LogP contribution in [0.2, 0.25) is 5.02 Å². The molecule has 0 saturated heterocycles. The van der Waals surface area contributed by atoms with E-state index in [0.29, 0.717) is 45.9 Å². The molecule has 6 rings (SSSR count). The maximum absolute atomic E-state index is 15.2. The number of nitrogens with zero attached hydrogens (tertiary/aromatic N) is 6. The SMILES string of the molecule is O=C(O)Nc1ccc(-c2cnc(C3(O)CCc4cc(-c5c(-n6cnnn6)ccc(Cl)c5F)cnc43)o2)cc1. The summed E-state index contributed by atoms with van der Waals surface area (Å²) in [5, 5.41) is 33.7.